The van der Waals surface area contributed by atoms with Crippen molar-refractivity contribution in [2.45, 2.75) is 18.7 Å². The summed E-state index contributed by atoms with van der Waals surface area (Å²) in [5, 5.41) is 4.84. The molecule has 1 aromatic carbocycles. The Morgan fingerprint density at radius 1 is 1.30 bits per heavy atom. The Morgan fingerprint density at radius 3 is 2.61 bits per heavy atom. The van der Waals surface area contributed by atoms with Crippen LogP contribution in [0.1, 0.15) is 24.2 Å². The van der Waals surface area contributed by atoms with E-state index in [1.165, 1.54) is 11.8 Å². The minimum Gasteiger partial charge on any atom is -0.452 e. The molecule has 0 unspecified atom stereocenters. The Bertz CT molecular complexity index is 593. The van der Waals surface area contributed by atoms with Gasteiger partial charge in [0.05, 0.1) is 10.6 Å². The highest BCUT2D eigenvalue weighted by Gasteiger charge is 2.15. The molecule has 0 fully saturated rings. The Balaban J connectivity index is 2.49. The molecule has 8 heteroatoms. The first-order chi connectivity index (χ1) is 10.8. The van der Waals surface area contributed by atoms with Gasteiger partial charge in [-0.15, -0.1) is 11.8 Å². The average molecular weight is 359 g/mol. The Morgan fingerprint density at radius 2 is 2.00 bits per heavy atom. The van der Waals surface area contributed by atoms with Crippen LogP contribution in [-0.2, 0) is 9.53 Å². The molecular weight excluding hydrogens is 340 g/mol. The summed E-state index contributed by atoms with van der Waals surface area (Å²) in [4.78, 5) is 35.7. The molecule has 1 rings (SSSR count). The van der Waals surface area contributed by atoms with E-state index in [2.05, 4.69) is 10.6 Å². The lowest BCUT2D eigenvalue weighted by atomic mass is 10.2. The van der Waals surface area contributed by atoms with Crippen LogP contribution in [0.15, 0.2) is 23.1 Å². The van der Waals surface area contributed by atoms with Crippen LogP contribution >= 0.6 is 23.4 Å². The van der Waals surface area contributed by atoms with Crippen molar-refractivity contribution >= 4 is 41.3 Å². The van der Waals surface area contributed by atoms with Gasteiger partial charge in [0.1, 0.15) is 0 Å². The molecule has 6 nitrogen and oxygen atoms in total. The highest BCUT2D eigenvalue weighted by atomic mass is 35.5. The van der Waals surface area contributed by atoms with E-state index < -0.39 is 24.5 Å². The number of thioether (sulfide) groups is 1. The van der Waals surface area contributed by atoms with Gasteiger partial charge in [-0.25, -0.2) is 9.59 Å². The second-order valence-corrected chi connectivity index (χ2v) is 6.36. The van der Waals surface area contributed by atoms with Gasteiger partial charge in [-0.1, -0.05) is 25.4 Å². The van der Waals surface area contributed by atoms with Gasteiger partial charge in [-0.2, -0.15) is 0 Å². The Labute approximate surface area is 144 Å². The molecule has 0 saturated carbocycles. The van der Waals surface area contributed by atoms with E-state index in [0.29, 0.717) is 6.54 Å². The number of hydrogen-bond acceptors (Lipinski definition) is 5. The highest BCUT2D eigenvalue weighted by molar-refractivity contribution is 7.98. The number of nitrogens with one attached hydrogen (secondary N) is 2. The Hall–Kier alpha value is -1.73. The van der Waals surface area contributed by atoms with Gasteiger partial charge in [0, 0.05) is 11.4 Å². The fourth-order valence-corrected chi connectivity index (χ4v) is 2.13. The Kier molecular flexibility index (Phi) is 7.91. The number of carbonyl (C=O) groups is 3. The van der Waals surface area contributed by atoms with Gasteiger partial charge in [-0.05, 0) is 30.4 Å². The minimum absolute atomic E-state index is 0.176. The van der Waals surface area contributed by atoms with Gasteiger partial charge in [0.2, 0.25) is 0 Å². The zero-order valence-electron chi connectivity index (χ0n) is 13.1. The first-order valence-corrected chi connectivity index (χ1v) is 8.52. The molecule has 0 aliphatic carbocycles. The second kappa shape index (κ2) is 9.42. The molecule has 0 spiro atoms. The summed E-state index contributed by atoms with van der Waals surface area (Å²) in [5.74, 6) is -1.17. The first-order valence-electron chi connectivity index (χ1n) is 6.91. The highest BCUT2D eigenvalue weighted by Crippen LogP contribution is 2.23. The fraction of sp³-hybridized carbons (Fsp3) is 0.400. The number of ether oxygens (including phenoxy) is 1. The number of imide groups is 1. The summed E-state index contributed by atoms with van der Waals surface area (Å²) in [6.45, 7) is 3.73. The SMILES string of the molecule is CSc1ccc(Cl)c(C(=O)OCC(=O)NC(=O)NCC(C)C)c1. The predicted molar refractivity (Wildman–Crippen MR) is 89.9 cm³/mol. The first kappa shape index (κ1) is 19.3. The third-order valence-corrected chi connectivity index (χ3v) is 3.71. The molecule has 0 heterocycles. The maximum atomic E-state index is 11.9. The van der Waals surface area contributed by atoms with Crippen LogP contribution in [0.4, 0.5) is 4.79 Å². The summed E-state index contributed by atoms with van der Waals surface area (Å²) in [6.07, 6.45) is 1.86. The van der Waals surface area contributed by atoms with Crippen molar-refractivity contribution in [3.05, 3.63) is 28.8 Å². The topological polar surface area (TPSA) is 84.5 Å². The summed E-state index contributed by atoms with van der Waals surface area (Å²) < 4.78 is 4.87. The van der Waals surface area contributed by atoms with Crippen molar-refractivity contribution in [1.82, 2.24) is 10.6 Å². The van der Waals surface area contributed by atoms with Crippen molar-refractivity contribution in [3.63, 3.8) is 0 Å². The largest absolute Gasteiger partial charge is 0.452 e. The average Bonchev–Trinajstić information content (AvgIpc) is 2.51. The quantitative estimate of drug-likeness (QED) is 0.603. The number of hydrogen-bond donors (Lipinski definition) is 2. The van der Waals surface area contributed by atoms with Crippen molar-refractivity contribution in [3.8, 4) is 0 Å². The van der Waals surface area contributed by atoms with Gasteiger partial charge in [0.25, 0.3) is 5.91 Å². The number of amides is 3. The van der Waals surface area contributed by atoms with Gasteiger partial charge < -0.3 is 10.1 Å². The number of esters is 1. The van der Waals surface area contributed by atoms with E-state index in [9.17, 15) is 14.4 Å². The normalized spacial score (nSPS) is 10.3. The van der Waals surface area contributed by atoms with Gasteiger partial charge in [0.15, 0.2) is 6.61 Å². The van der Waals surface area contributed by atoms with Crippen molar-refractivity contribution < 1.29 is 19.1 Å². The summed E-state index contributed by atoms with van der Waals surface area (Å²) in [5.41, 5.74) is 0.176. The van der Waals surface area contributed by atoms with Crippen LogP contribution in [0.5, 0.6) is 0 Å². The van der Waals surface area contributed by atoms with E-state index in [4.69, 9.17) is 16.3 Å². The van der Waals surface area contributed by atoms with Gasteiger partial charge >= 0.3 is 12.0 Å². The van der Waals surface area contributed by atoms with Crippen LogP contribution in [0.3, 0.4) is 0 Å². The van der Waals surface area contributed by atoms with E-state index in [1.54, 1.807) is 18.2 Å². The van der Waals surface area contributed by atoms with Crippen LogP contribution in [0.2, 0.25) is 5.02 Å². The van der Waals surface area contributed by atoms with Crippen LogP contribution in [-0.4, -0.2) is 37.3 Å². The third-order valence-electron chi connectivity index (χ3n) is 2.65. The van der Waals surface area contributed by atoms with Crippen LogP contribution in [0, 0.1) is 5.92 Å². The standard InChI is InChI=1S/C15H19ClN2O4S/c1-9(2)7-17-15(21)18-13(19)8-22-14(20)11-6-10(23-3)4-5-12(11)16/h4-6,9H,7-8H2,1-3H3,(H2,17,18,19,21). The molecule has 0 atom stereocenters. The number of rotatable bonds is 6. The van der Waals surface area contributed by atoms with Gasteiger partial charge in [-0.3, -0.25) is 10.1 Å². The molecule has 2 N–H and O–H groups in total. The van der Waals surface area contributed by atoms with Crippen LogP contribution in [0.25, 0.3) is 0 Å². The zero-order chi connectivity index (χ0) is 17.4. The molecule has 126 valence electrons. The minimum atomic E-state index is -0.719. The molecular formula is C15H19ClN2O4S. The molecule has 0 aliphatic rings. The number of benzene rings is 1. The smallest absolute Gasteiger partial charge is 0.340 e. The molecule has 0 aromatic heterocycles. The molecule has 0 aliphatic heterocycles. The number of carbonyl (C=O) groups excluding carboxylic acids is 3. The van der Waals surface area contributed by atoms with E-state index in [-0.39, 0.29) is 16.5 Å². The van der Waals surface area contributed by atoms with Crippen LogP contribution < -0.4 is 10.6 Å². The maximum Gasteiger partial charge on any atom is 0.340 e. The van der Waals surface area contributed by atoms with Crippen molar-refractivity contribution in [2.24, 2.45) is 5.92 Å². The zero-order valence-corrected chi connectivity index (χ0v) is 14.7. The predicted octanol–water partition coefficient (Wildman–Crippen LogP) is 2.70. The maximum absolute atomic E-state index is 11.9. The lowest BCUT2D eigenvalue weighted by Gasteiger charge is -2.09. The molecule has 0 saturated heterocycles. The third kappa shape index (κ3) is 6.92. The van der Waals surface area contributed by atoms with Crippen molar-refractivity contribution in [2.75, 3.05) is 19.4 Å². The number of urea groups is 1. The summed E-state index contributed by atoms with van der Waals surface area (Å²) in [6, 6.07) is 4.32. The molecule has 23 heavy (non-hydrogen) atoms. The fourth-order valence-electron chi connectivity index (χ4n) is 1.50. The van der Waals surface area contributed by atoms with Crippen molar-refractivity contribution in [1.29, 1.82) is 0 Å². The molecule has 0 radical (unpaired) electrons. The molecule has 0 bridgehead atoms. The molecule has 1 aromatic rings. The lowest BCUT2D eigenvalue weighted by molar-refractivity contribution is -0.123. The molecule has 3 amide bonds. The monoisotopic (exact) mass is 358 g/mol. The van der Waals surface area contributed by atoms with E-state index >= 15 is 0 Å². The summed E-state index contributed by atoms with van der Waals surface area (Å²) in [7, 11) is 0. The van der Waals surface area contributed by atoms with E-state index in [0.717, 1.165) is 4.90 Å². The van der Waals surface area contributed by atoms with E-state index in [1.807, 2.05) is 20.1 Å². The summed E-state index contributed by atoms with van der Waals surface area (Å²) >= 11 is 7.39. The second-order valence-electron chi connectivity index (χ2n) is 5.07. The lowest BCUT2D eigenvalue weighted by Crippen LogP contribution is -2.42. The number of halogens is 1.